The molecule has 0 aromatic heterocycles. The maximum absolute atomic E-state index is 12.6. The third kappa shape index (κ3) is 4.31. The van der Waals surface area contributed by atoms with Crippen LogP contribution in [0.1, 0.15) is 25.3 Å². The maximum atomic E-state index is 12.6. The first kappa shape index (κ1) is 17.9. The molecule has 124 valence electrons. The molecule has 0 bridgehead atoms. The first-order valence-electron chi connectivity index (χ1n) is 6.90. The van der Waals surface area contributed by atoms with E-state index in [4.69, 9.17) is 27.9 Å². The minimum atomic E-state index is -3.75. The Kier molecular flexibility index (Phi) is 5.45. The number of halogens is 2. The van der Waals surface area contributed by atoms with E-state index in [1.54, 1.807) is 19.2 Å². The molecule has 2 aromatic rings. The van der Waals surface area contributed by atoms with Gasteiger partial charge in [0.05, 0.1) is 17.7 Å². The molecule has 0 aliphatic heterocycles. The van der Waals surface area contributed by atoms with Gasteiger partial charge in [-0.25, -0.2) is 8.42 Å². The largest absolute Gasteiger partial charge is 0.496 e. The van der Waals surface area contributed by atoms with E-state index >= 15 is 0 Å². The number of methoxy groups -OCH3 is 1. The number of ether oxygens (including phenoxy) is 1. The van der Waals surface area contributed by atoms with Gasteiger partial charge in [-0.15, -0.1) is 0 Å². The number of hydrogen-bond acceptors (Lipinski definition) is 3. The lowest BCUT2D eigenvalue weighted by Crippen LogP contribution is -2.13. The van der Waals surface area contributed by atoms with Crippen molar-refractivity contribution in [2.75, 3.05) is 11.8 Å². The Labute approximate surface area is 146 Å². The van der Waals surface area contributed by atoms with Gasteiger partial charge in [-0.1, -0.05) is 37.0 Å². The van der Waals surface area contributed by atoms with Gasteiger partial charge in [0.1, 0.15) is 5.75 Å². The Morgan fingerprint density at radius 1 is 1.04 bits per heavy atom. The summed E-state index contributed by atoms with van der Waals surface area (Å²) in [4.78, 5) is 0.151. The van der Waals surface area contributed by atoms with Gasteiger partial charge in [0.2, 0.25) is 0 Å². The smallest absolute Gasteiger partial charge is 0.261 e. The van der Waals surface area contributed by atoms with Crippen LogP contribution in [0.2, 0.25) is 10.0 Å². The topological polar surface area (TPSA) is 55.4 Å². The second kappa shape index (κ2) is 6.99. The van der Waals surface area contributed by atoms with Crippen LogP contribution in [0.4, 0.5) is 5.69 Å². The van der Waals surface area contributed by atoms with Crippen molar-refractivity contribution in [3.63, 3.8) is 0 Å². The Bertz CT molecular complexity index is 800. The molecule has 0 heterocycles. The van der Waals surface area contributed by atoms with Crippen molar-refractivity contribution in [3.05, 3.63) is 52.0 Å². The highest BCUT2D eigenvalue weighted by atomic mass is 35.5. The van der Waals surface area contributed by atoms with Gasteiger partial charge in [0, 0.05) is 10.0 Å². The number of anilines is 1. The van der Waals surface area contributed by atoms with Gasteiger partial charge in [-0.2, -0.15) is 0 Å². The normalized spacial score (nSPS) is 11.6. The van der Waals surface area contributed by atoms with Crippen LogP contribution in [-0.4, -0.2) is 15.5 Å². The molecule has 7 heteroatoms. The Balaban J connectivity index is 2.41. The SMILES string of the molecule is COc1ccc(S(=O)(=O)Nc2cc(Cl)cc(Cl)c2)cc1C(C)C. The molecule has 0 unspecified atom stereocenters. The summed E-state index contributed by atoms with van der Waals surface area (Å²) < 4.78 is 32.9. The molecule has 0 saturated heterocycles. The molecule has 2 rings (SSSR count). The van der Waals surface area contributed by atoms with Crippen LogP contribution in [-0.2, 0) is 10.0 Å². The molecule has 0 fully saturated rings. The summed E-state index contributed by atoms with van der Waals surface area (Å²) in [5.41, 5.74) is 1.13. The minimum absolute atomic E-state index is 0.126. The van der Waals surface area contributed by atoms with E-state index in [2.05, 4.69) is 4.72 Å². The fraction of sp³-hybridized carbons (Fsp3) is 0.250. The quantitative estimate of drug-likeness (QED) is 0.808. The lowest BCUT2D eigenvalue weighted by Gasteiger charge is -2.14. The van der Waals surface area contributed by atoms with Crippen molar-refractivity contribution in [1.29, 1.82) is 0 Å². The van der Waals surface area contributed by atoms with Crippen LogP contribution in [0.3, 0.4) is 0 Å². The summed E-state index contributed by atoms with van der Waals surface area (Å²) in [6, 6.07) is 9.28. The molecule has 0 spiro atoms. The van der Waals surface area contributed by atoms with Gasteiger partial charge in [0.15, 0.2) is 0 Å². The molecule has 23 heavy (non-hydrogen) atoms. The molecule has 0 aliphatic rings. The molecular formula is C16H17Cl2NO3S. The van der Waals surface area contributed by atoms with E-state index < -0.39 is 10.0 Å². The lowest BCUT2D eigenvalue weighted by molar-refractivity contribution is 0.407. The number of nitrogens with one attached hydrogen (secondary N) is 1. The lowest BCUT2D eigenvalue weighted by atomic mass is 10.0. The highest BCUT2D eigenvalue weighted by molar-refractivity contribution is 7.92. The van der Waals surface area contributed by atoms with Gasteiger partial charge < -0.3 is 4.74 Å². The fourth-order valence-corrected chi connectivity index (χ4v) is 3.76. The Morgan fingerprint density at radius 3 is 2.17 bits per heavy atom. The molecule has 0 atom stereocenters. The summed E-state index contributed by atoms with van der Waals surface area (Å²) >= 11 is 11.8. The van der Waals surface area contributed by atoms with Crippen LogP contribution < -0.4 is 9.46 Å². The molecular weight excluding hydrogens is 357 g/mol. The van der Waals surface area contributed by atoms with Gasteiger partial charge in [0.25, 0.3) is 10.0 Å². The van der Waals surface area contributed by atoms with E-state index in [0.29, 0.717) is 21.5 Å². The van der Waals surface area contributed by atoms with E-state index in [1.165, 1.54) is 24.3 Å². The predicted octanol–water partition coefficient (Wildman–Crippen LogP) is 4.93. The first-order chi connectivity index (χ1) is 10.7. The molecule has 1 N–H and O–H groups in total. The zero-order valence-electron chi connectivity index (χ0n) is 12.9. The molecule has 2 aromatic carbocycles. The molecule has 0 saturated carbocycles. The third-order valence-corrected chi connectivity index (χ3v) is 5.06. The van der Waals surface area contributed by atoms with Crippen molar-refractivity contribution >= 4 is 38.9 Å². The van der Waals surface area contributed by atoms with Crippen molar-refractivity contribution < 1.29 is 13.2 Å². The summed E-state index contributed by atoms with van der Waals surface area (Å²) in [5, 5.41) is 0.709. The van der Waals surface area contributed by atoms with Crippen molar-refractivity contribution in [1.82, 2.24) is 0 Å². The minimum Gasteiger partial charge on any atom is -0.496 e. The van der Waals surface area contributed by atoms with Crippen molar-refractivity contribution in [2.45, 2.75) is 24.7 Å². The third-order valence-electron chi connectivity index (χ3n) is 3.25. The number of hydrogen-bond donors (Lipinski definition) is 1. The Morgan fingerprint density at radius 2 is 1.65 bits per heavy atom. The standard InChI is InChI=1S/C16H17Cl2NO3S/c1-10(2)15-9-14(4-5-16(15)22-3)23(20,21)19-13-7-11(17)6-12(18)8-13/h4-10,19H,1-3H3. The maximum Gasteiger partial charge on any atom is 0.261 e. The van der Waals surface area contributed by atoms with E-state index in [9.17, 15) is 8.42 Å². The highest BCUT2D eigenvalue weighted by Gasteiger charge is 2.18. The number of sulfonamides is 1. The van der Waals surface area contributed by atoms with Gasteiger partial charge in [-0.3, -0.25) is 4.72 Å². The van der Waals surface area contributed by atoms with Gasteiger partial charge in [-0.05, 0) is 47.9 Å². The monoisotopic (exact) mass is 373 g/mol. The summed E-state index contributed by atoms with van der Waals surface area (Å²) in [5.74, 6) is 0.783. The van der Waals surface area contributed by atoms with E-state index in [-0.39, 0.29) is 10.8 Å². The predicted molar refractivity (Wildman–Crippen MR) is 94.4 cm³/mol. The molecule has 0 radical (unpaired) electrons. The van der Waals surface area contributed by atoms with Crippen LogP contribution in [0.15, 0.2) is 41.3 Å². The second-order valence-electron chi connectivity index (χ2n) is 5.32. The molecule has 0 amide bonds. The summed E-state index contributed by atoms with van der Waals surface area (Å²) in [6.07, 6.45) is 0. The average Bonchev–Trinajstić information content (AvgIpc) is 2.44. The number of rotatable bonds is 5. The van der Waals surface area contributed by atoms with Crippen molar-refractivity contribution in [3.8, 4) is 5.75 Å². The zero-order valence-corrected chi connectivity index (χ0v) is 15.3. The van der Waals surface area contributed by atoms with E-state index in [0.717, 1.165) is 5.56 Å². The Hall–Kier alpha value is -1.43. The second-order valence-corrected chi connectivity index (χ2v) is 7.88. The van der Waals surface area contributed by atoms with E-state index in [1.807, 2.05) is 13.8 Å². The average molecular weight is 374 g/mol. The van der Waals surface area contributed by atoms with Crippen LogP contribution in [0.25, 0.3) is 0 Å². The van der Waals surface area contributed by atoms with Crippen molar-refractivity contribution in [2.24, 2.45) is 0 Å². The highest BCUT2D eigenvalue weighted by Crippen LogP contribution is 2.30. The van der Waals surface area contributed by atoms with Crippen LogP contribution in [0.5, 0.6) is 5.75 Å². The first-order valence-corrected chi connectivity index (χ1v) is 9.13. The van der Waals surface area contributed by atoms with Crippen LogP contribution in [0, 0.1) is 0 Å². The molecule has 4 nitrogen and oxygen atoms in total. The zero-order chi connectivity index (χ0) is 17.2. The fourth-order valence-electron chi connectivity index (χ4n) is 2.16. The summed E-state index contributed by atoms with van der Waals surface area (Å²) in [6.45, 7) is 3.94. The summed E-state index contributed by atoms with van der Waals surface area (Å²) in [7, 11) is -2.19. The molecule has 0 aliphatic carbocycles. The van der Waals surface area contributed by atoms with Gasteiger partial charge >= 0.3 is 0 Å². The van der Waals surface area contributed by atoms with Crippen LogP contribution >= 0.6 is 23.2 Å². The number of benzene rings is 2.